The molecular weight excluding hydrogens is 204 g/mol. The lowest BCUT2D eigenvalue weighted by molar-refractivity contribution is 0.508. The van der Waals surface area contributed by atoms with E-state index in [0.717, 1.165) is 30.5 Å². The van der Waals surface area contributed by atoms with Crippen LogP contribution in [0.1, 0.15) is 12.8 Å². The summed E-state index contributed by atoms with van der Waals surface area (Å²) in [7, 11) is 0. The molecule has 0 spiro atoms. The number of nitrogens with one attached hydrogen (secondary N) is 2. The highest BCUT2D eigenvalue weighted by Gasteiger charge is 2.16. The third-order valence-electron chi connectivity index (χ3n) is 3.14. The number of hydrogen-bond acceptors (Lipinski definition) is 3. The largest absolute Gasteiger partial charge is 0.326 e. The maximum absolute atomic E-state index is 11.8. The summed E-state index contributed by atoms with van der Waals surface area (Å²) in [5.74, 6) is 0. The van der Waals surface area contributed by atoms with Crippen LogP contribution in [0.2, 0.25) is 0 Å². The maximum atomic E-state index is 11.8. The minimum Gasteiger partial charge on any atom is -0.312 e. The standard InChI is InChI=1S/C11H14N4O/c16-11-14-9-3-5-12-6-10(9)15(11)7-8-2-1-4-13-8/h3,5-6,8,13H,1-2,4,7H2,(H,14,16). The molecule has 3 rings (SSSR count). The summed E-state index contributed by atoms with van der Waals surface area (Å²) in [6.07, 6.45) is 5.76. The van der Waals surface area contributed by atoms with Crippen molar-refractivity contribution in [3.63, 3.8) is 0 Å². The Bertz CT molecular complexity index is 550. The van der Waals surface area contributed by atoms with Crippen molar-refractivity contribution in [2.24, 2.45) is 0 Å². The smallest absolute Gasteiger partial charge is 0.312 e. The summed E-state index contributed by atoms with van der Waals surface area (Å²) in [6, 6.07) is 2.24. The quantitative estimate of drug-likeness (QED) is 0.770. The second-order valence-electron chi connectivity index (χ2n) is 4.23. The van der Waals surface area contributed by atoms with E-state index in [1.807, 2.05) is 6.07 Å². The number of aromatic nitrogens is 3. The second kappa shape index (κ2) is 3.75. The molecule has 2 N–H and O–H groups in total. The molecule has 1 fully saturated rings. The van der Waals surface area contributed by atoms with Gasteiger partial charge in [0.15, 0.2) is 0 Å². The topological polar surface area (TPSA) is 62.7 Å². The molecule has 5 nitrogen and oxygen atoms in total. The lowest BCUT2D eigenvalue weighted by Crippen LogP contribution is -2.31. The molecule has 0 aromatic carbocycles. The average Bonchev–Trinajstić information content (AvgIpc) is 2.89. The average molecular weight is 218 g/mol. The number of pyridine rings is 1. The minimum absolute atomic E-state index is 0.0447. The molecule has 1 aliphatic rings. The fourth-order valence-electron chi connectivity index (χ4n) is 2.31. The van der Waals surface area contributed by atoms with Gasteiger partial charge in [0, 0.05) is 18.8 Å². The fourth-order valence-corrected chi connectivity index (χ4v) is 2.31. The Kier molecular flexibility index (Phi) is 2.25. The summed E-state index contributed by atoms with van der Waals surface area (Å²) in [6.45, 7) is 1.78. The zero-order valence-corrected chi connectivity index (χ0v) is 8.94. The van der Waals surface area contributed by atoms with Crippen molar-refractivity contribution in [3.8, 4) is 0 Å². The van der Waals surface area contributed by atoms with Gasteiger partial charge in [0.2, 0.25) is 0 Å². The van der Waals surface area contributed by atoms with Gasteiger partial charge in [-0.15, -0.1) is 0 Å². The van der Waals surface area contributed by atoms with E-state index in [4.69, 9.17) is 0 Å². The highest BCUT2D eigenvalue weighted by molar-refractivity contribution is 5.73. The van der Waals surface area contributed by atoms with E-state index < -0.39 is 0 Å². The number of hydrogen-bond donors (Lipinski definition) is 2. The predicted molar refractivity (Wildman–Crippen MR) is 61.4 cm³/mol. The highest BCUT2D eigenvalue weighted by atomic mass is 16.1. The number of H-pyrrole nitrogens is 1. The molecular formula is C11H14N4O. The lowest BCUT2D eigenvalue weighted by Gasteiger charge is -2.10. The Morgan fingerprint density at radius 2 is 2.50 bits per heavy atom. The van der Waals surface area contributed by atoms with Gasteiger partial charge in [-0.3, -0.25) is 9.55 Å². The molecule has 5 heteroatoms. The third-order valence-corrected chi connectivity index (χ3v) is 3.14. The van der Waals surface area contributed by atoms with Crippen LogP contribution in [-0.2, 0) is 6.54 Å². The molecule has 1 atom stereocenters. The van der Waals surface area contributed by atoms with Crippen LogP contribution in [0, 0.1) is 0 Å². The first-order valence-electron chi connectivity index (χ1n) is 5.60. The van der Waals surface area contributed by atoms with E-state index in [1.165, 1.54) is 6.42 Å². The van der Waals surface area contributed by atoms with E-state index in [1.54, 1.807) is 17.0 Å². The molecule has 2 aromatic rings. The predicted octanol–water partition coefficient (Wildman–Crippen LogP) is 0.477. The zero-order valence-electron chi connectivity index (χ0n) is 8.94. The van der Waals surface area contributed by atoms with Crippen molar-refractivity contribution in [1.29, 1.82) is 0 Å². The Hall–Kier alpha value is -1.62. The van der Waals surface area contributed by atoms with Crippen LogP contribution < -0.4 is 11.0 Å². The first kappa shape index (κ1) is 9.59. The van der Waals surface area contributed by atoms with Gasteiger partial charge in [-0.05, 0) is 25.5 Å². The molecule has 0 radical (unpaired) electrons. The monoisotopic (exact) mass is 218 g/mol. The van der Waals surface area contributed by atoms with Crippen LogP contribution in [0.5, 0.6) is 0 Å². The summed E-state index contributed by atoms with van der Waals surface area (Å²) < 4.78 is 1.77. The van der Waals surface area contributed by atoms with Gasteiger partial charge in [-0.1, -0.05) is 0 Å². The van der Waals surface area contributed by atoms with E-state index in [-0.39, 0.29) is 5.69 Å². The molecule has 16 heavy (non-hydrogen) atoms. The molecule has 0 saturated carbocycles. The van der Waals surface area contributed by atoms with Crippen molar-refractivity contribution in [2.45, 2.75) is 25.4 Å². The molecule has 3 heterocycles. The van der Waals surface area contributed by atoms with Crippen LogP contribution in [0.3, 0.4) is 0 Å². The van der Waals surface area contributed by atoms with Gasteiger partial charge >= 0.3 is 5.69 Å². The van der Waals surface area contributed by atoms with Crippen LogP contribution in [0.25, 0.3) is 11.0 Å². The molecule has 0 amide bonds. The molecule has 2 aromatic heterocycles. The van der Waals surface area contributed by atoms with Gasteiger partial charge < -0.3 is 10.3 Å². The van der Waals surface area contributed by atoms with Gasteiger partial charge in [0.05, 0.1) is 17.2 Å². The van der Waals surface area contributed by atoms with Crippen LogP contribution in [0.15, 0.2) is 23.3 Å². The SMILES string of the molecule is O=c1[nH]c2ccncc2n1CC1CCCN1. The van der Waals surface area contributed by atoms with E-state index in [2.05, 4.69) is 15.3 Å². The van der Waals surface area contributed by atoms with E-state index >= 15 is 0 Å². The van der Waals surface area contributed by atoms with Crippen molar-refractivity contribution in [2.75, 3.05) is 6.54 Å². The fraction of sp³-hybridized carbons (Fsp3) is 0.455. The molecule has 1 unspecified atom stereocenters. The minimum atomic E-state index is -0.0447. The Labute approximate surface area is 92.5 Å². The first-order valence-corrected chi connectivity index (χ1v) is 5.60. The van der Waals surface area contributed by atoms with E-state index in [9.17, 15) is 4.79 Å². The van der Waals surface area contributed by atoms with Crippen LogP contribution in [-0.4, -0.2) is 27.1 Å². The van der Waals surface area contributed by atoms with Crippen molar-refractivity contribution in [3.05, 3.63) is 28.9 Å². The maximum Gasteiger partial charge on any atom is 0.326 e. The number of fused-ring (bicyclic) bond motifs is 1. The van der Waals surface area contributed by atoms with E-state index in [0.29, 0.717) is 6.04 Å². The lowest BCUT2D eigenvalue weighted by atomic mass is 10.2. The third kappa shape index (κ3) is 1.53. The molecule has 84 valence electrons. The van der Waals surface area contributed by atoms with Crippen molar-refractivity contribution in [1.82, 2.24) is 19.9 Å². The summed E-state index contributed by atoms with van der Waals surface area (Å²) in [4.78, 5) is 18.7. The van der Waals surface area contributed by atoms with Crippen LogP contribution >= 0.6 is 0 Å². The van der Waals surface area contributed by atoms with Crippen LogP contribution in [0.4, 0.5) is 0 Å². The molecule has 0 aliphatic carbocycles. The molecule has 0 bridgehead atoms. The Morgan fingerprint density at radius 1 is 1.56 bits per heavy atom. The van der Waals surface area contributed by atoms with Gasteiger partial charge in [-0.2, -0.15) is 0 Å². The number of aromatic amines is 1. The van der Waals surface area contributed by atoms with Gasteiger partial charge in [0.1, 0.15) is 0 Å². The Balaban J connectivity index is 2.01. The number of nitrogens with zero attached hydrogens (tertiary/aromatic N) is 2. The summed E-state index contributed by atoms with van der Waals surface area (Å²) in [5.41, 5.74) is 1.70. The summed E-state index contributed by atoms with van der Waals surface area (Å²) >= 11 is 0. The van der Waals surface area contributed by atoms with Gasteiger partial charge in [0.25, 0.3) is 0 Å². The highest BCUT2D eigenvalue weighted by Crippen LogP contribution is 2.11. The first-order chi connectivity index (χ1) is 7.84. The Morgan fingerprint density at radius 3 is 3.31 bits per heavy atom. The zero-order chi connectivity index (χ0) is 11.0. The van der Waals surface area contributed by atoms with Crippen molar-refractivity contribution < 1.29 is 0 Å². The normalized spacial score (nSPS) is 20.6. The molecule has 1 aliphatic heterocycles. The van der Waals surface area contributed by atoms with Gasteiger partial charge in [-0.25, -0.2) is 4.79 Å². The van der Waals surface area contributed by atoms with Crippen molar-refractivity contribution >= 4 is 11.0 Å². The number of rotatable bonds is 2. The second-order valence-corrected chi connectivity index (χ2v) is 4.23. The molecule has 1 saturated heterocycles. The summed E-state index contributed by atoms with van der Waals surface area (Å²) in [5, 5.41) is 3.39. The number of imidazole rings is 1.